The predicted molar refractivity (Wildman–Crippen MR) is 85.6 cm³/mol. The third kappa shape index (κ3) is 1.52. The number of benzene rings is 2. The molecule has 0 radical (unpaired) electrons. The number of hydrogen-bond donors (Lipinski definition) is 1. The summed E-state index contributed by atoms with van der Waals surface area (Å²) in [5.74, 6) is 0.509. The summed E-state index contributed by atoms with van der Waals surface area (Å²) in [7, 11) is 1.49. The van der Waals surface area contributed by atoms with Gasteiger partial charge in [-0.3, -0.25) is 4.79 Å². The molecule has 2 aliphatic rings. The van der Waals surface area contributed by atoms with Crippen LogP contribution in [-0.4, -0.2) is 18.5 Å². The average molecular weight is 324 g/mol. The number of aromatic hydroxyl groups is 1. The van der Waals surface area contributed by atoms with Crippen LogP contribution in [-0.2, 0) is 4.74 Å². The van der Waals surface area contributed by atoms with Crippen LogP contribution in [0.3, 0.4) is 0 Å². The molecular weight excluding hydrogens is 312 g/mol. The second-order valence-corrected chi connectivity index (χ2v) is 5.75. The Labute approximate surface area is 135 Å². The van der Waals surface area contributed by atoms with E-state index in [0.717, 1.165) is 0 Å². The minimum absolute atomic E-state index is 0.121. The van der Waals surface area contributed by atoms with Crippen molar-refractivity contribution in [1.82, 2.24) is 0 Å². The van der Waals surface area contributed by atoms with Gasteiger partial charge in [0, 0.05) is 6.07 Å². The summed E-state index contributed by atoms with van der Waals surface area (Å²) in [4.78, 5) is 13.0. The van der Waals surface area contributed by atoms with Gasteiger partial charge in [-0.05, 0) is 18.2 Å². The maximum absolute atomic E-state index is 13.0. The van der Waals surface area contributed by atoms with Crippen molar-refractivity contribution in [2.24, 2.45) is 0 Å². The molecule has 24 heavy (non-hydrogen) atoms. The molecule has 2 aliphatic heterocycles. The number of phenolic OH excluding ortho intramolecular Hbond substituents is 1. The van der Waals surface area contributed by atoms with Crippen molar-refractivity contribution in [3.63, 3.8) is 0 Å². The van der Waals surface area contributed by atoms with Gasteiger partial charge >= 0.3 is 0 Å². The van der Waals surface area contributed by atoms with Gasteiger partial charge in [-0.15, -0.1) is 0 Å². The molecule has 6 heteroatoms. The quantitative estimate of drug-likeness (QED) is 0.693. The molecule has 2 aromatic carbocycles. The van der Waals surface area contributed by atoms with E-state index >= 15 is 0 Å². The lowest BCUT2D eigenvalue weighted by molar-refractivity contribution is -0.00484. The summed E-state index contributed by atoms with van der Waals surface area (Å²) < 4.78 is 22.3. The van der Waals surface area contributed by atoms with Gasteiger partial charge in [0.05, 0.1) is 24.9 Å². The van der Waals surface area contributed by atoms with Crippen LogP contribution in [0.15, 0.2) is 45.8 Å². The molecule has 120 valence electrons. The lowest BCUT2D eigenvalue weighted by Gasteiger charge is -2.10. The van der Waals surface area contributed by atoms with Crippen LogP contribution in [0, 0.1) is 0 Å². The summed E-state index contributed by atoms with van der Waals surface area (Å²) in [6.45, 7) is 0. The van der Waals surface area contributed by atoms with E-state index in [1.165, 1.54) is 13.2 Å². The molecular formula is C18H12O6. The number of hydrogen-bond acceptors (Lipinski definition) is 6. The monoisotopic (exact) mass is 324 g/mol. The van der Waals surface area contributed by atoms with Crippen molar-refractivity contribution >= 4 is 21.9 Å². The van der Waals surface area contributed by atoms with Crippen LogP contribution in [0.4, 0.5) is 0 Å². The lowest BCUT2D eigenvalue weighted by atomic mass is 9.97. The van der Waals surface area contributed by atoms with E-state index < -0.39 is 6.29 Å². The highest BCUT2D eigenvalue weighted by atomic mass is 16.7. The van der Waals surface area contributed by atoms with E-state index in [1.54, 1.807) is 24.5 Å². The fourth-order valence-corrected chi connectivity index (χ4v) is 3.44. The Kier molecular flexibility index (Phi) is 2.46. The first-order chi connectivity index (χ1) is 11.7. The van der Waals surface area contributed by atoms with E-state index in [2.05, 4.69) is 0 Å². The molecule has 0 saturated heterocycles. The molecule has 0 aliphatic carbocycles. The second kappa shape index (κ2) is 4.44. The second-order valence-electron chi connectivity index (χ2n) is 5.75. The van der Waals surface area contributed by atoms with Crippen LogP contribution >= 0.6 is 0 Å². The van der Waals surface area contributed by atoms with E-state index in [9.17, 15) is 9.90 Å². The Bertz CT molecular complexity index is 1090. The summed E-state index contributed by atoms with van der Waals surface area (Å²) >= 11 is 0. The van der Waals surface area contributed by atoms with Gasteiger partial charge in [0.2, 0.25) is 5.43 Å². The molecule has 1 N–H and O–H groups in total. The molecule has 2 unspecified atom stereocenters. The topological polar surface area (TPSA) is 78.1 Å². The Balaban J connectivity index is 1.97. The zero-order chi connectivity index (χ0) is 16.4. The Morgan fingerprint density at radius 1 is 1.25 bits per heavy atom. The SMILES string of the molecule is COc1cccc2oc3c4c(cc(O)c3c(=O)c12)OC1OC=CC41. The van der Waals surface area contributed by atoms with Crippen molar-refractivity contribution in [2.75, 3.05) is 7.11 Å². The van der Waals surface area contributed by atoms with Gasteiger partial charge in [-0.25, -0.2) is 0 Å². The number of fused-ring (bicyclic) bond motifs is 6. The van der Waals surface area contributed by atoms with Crippen molar-refractivity contribution in [3.05, 3.63) is 52.4 Å². The molecule has 6 nitrogen and oxygen atoms in total. The van der Waals surface area contributed by atoms with E-state index in [-0.39, 0.29) is 22.5 Å². The maximum atomic E-state index is 13.0. The summed E-state index contributed by atoms with van der Waals surface area (Å²) in [5, 5.41) is 10.8. The highest BCUT2D eigenvalue weighted by molar-refractivity contribution is 5.98. The number of methoxy groups -OCH3 is 1. The molecule has 2 atom stereocenters. The number of phenols is 1. The molecule has 0 saturated carbocycles. The highest BCUT2D eigenvalue weighted by Gasteiger charge is 2.40. The third-order valence-electron chi connectivity index (χ3n) is 4.50. The summed E-state index contributed by atoms with van der Waals surface area (Å²) in [6.07, 6.45) is 2.93. The Morgan fingerprint density at radius 3 is 2.96 bits per heavy atom. The number of ether oxygens (including phenoxy) is 3. The van der Waals surface area contributed by atoms with E-state index in [1.807, 2.05) is 6.08 Å². The standard InChI is InChI=1S/C18H12O6/c1-21-10-3-2-4-11-15(10)16(20)14-9(19)7-12-13(17(14)23-11)8-5-6-22-18(8)24-12/h2-8,18-19H,1H3. The van der Waals surface area contributed by atoms with Gasteiger partial charge in [0.15, 0.2) is 0 Å². The van der Waals surface area contributed by atoms with Gasteiger partial charge in [-0.1, -0.05) is 6.07 Å². The molecule has 0 amide bonds. The first-order valence-electron chi connectivity index (χ1n) is 7.47. The van der Waals surface area contributed by atoms with Crippen molar-refractivity contribution < 1.29 is 23.7 Å². The zero-order valence-electron chi connectivity index (χ0n) is 12.6. The Morgan fingerprint density at radius 2 is 2.12 bits per heavy atom. The highest BCUT2D eigenvalue weighted by Crippen LogP contribution is 2.48. The van der Waals surface area contributed by atoms with Crippen molar-refractivity contribution in [3.8, 4) is 17.2 Å². The smallest absolute Gasteiger partial charge is 0.250 e. The van der Waals surface area contributed by atoms with Gasteiger partial charge in [0.1, 0.15) is 39.2 Å². The first kappa shape index (κ1) is 13.3. The average Bonchev–Trinajstić information content (AvgIpc) is 3.14. The van der Waals surface area contributed by atoms with Crippen molar-refractivity contribution in [2.45, 2.75) is 12.2 Å². The van der Waals surface area contributed by atoms with Crippen LogP contribution in [0.1, 0.15) is 11.5 Å². The Hall–Kier alpha value is -3.15. The van der Waals surface area contributed by atoms with Gasteiger partial charge in [-0.2, -0.15) is 0 Å². The molecule has 0 fully saturated rings. The maximum Gasteiger partial charge on any atom is 0.250 e. The van der Waals surface area contributed by atoms with Crippen LogP contribution in [0.2, 0.25) is 0 Å². The zero-order valence-corrected chi connectivity index (χ0v) is 12.6. The van der Waals surface area contributed by atoms with Gasteiger partial charge in [0.25, 0.3) is 6.29 Å². The summed E-state index contributed by atoms with van der Waals surface area (Å²) in [6, 6.07) is 6.56. The van der Waals surface area contributed by atoms with Crippen LogP contribution < -0.4 is 14.9 Å². The summed E-state index contributed by atoms with van der Waals surface area (Å²) in [5.41, 5.74) is 1.09. The number of rotatable bonds is 1. The third-order valence-corrected chi connectivity index (χ3v) is 4.50. The van der Waals surface area contributed by atoms with Gasteiger partial charge < -0.3 is 23.7 Å². The van der Waals surface area contributed by atoms with E-state index in [0.29, 0.717) is 33.6 Å². The van der Waals surface area contributed by atoms with Crippen LogP contribution in [0.5, 0.6) is 17.2 Å². The first-order valence-corrected chi connectivity index (χ1v) is 7.47. The fraction of sp³-hybridized carbons (Fsp3) is 0.167. The predicted octanol–water partition coefficient (Wildman–Crippen LogP) is 3.01. The molecule has 0 bridgehead atoms. The molecule has 5 rings (SSSR count). The van der Waals surface area contributed by atoms with Crippen molar-refractivity contribution in [1.29, 1.82) is 0 Å². The largest absolute Gasteiger partial charge is 0.507 e. The lowest BCUT2D eigenvalue weighted by Crippen LogP contribution is -2.14. The van der Waals surface area contributed by atoms with Crippen LogP contribution in [0.25, 0.3) is 21.9 Å². The molecule has 0 spiro atoms. The molecule has 3 aromatic rings. The minimum atomic E-state index is -0.490. The van der Waals surface area contributed by atoms with E-state index in [4.69, 9.17) is 18.6 Å². The minimum Gasteiger partial charge on any atom is -0.507 e. The normalized spacial score (nSPS) is 20.7. The molecule has 1 aromatic heterocycles. The molecule has 3 heterocycles. The fourth-order valence-electron chi connectivity index (χ4n) is 3.44.